The first-order chi connectivity index (χ1) is 16.3. The second-order valence-corrected chi connectivity index (χ2v) is 9.14. The molecule has 3 aromatic rings. The number of aliphatic hydroxyl groups is 2. The van der Waals surface area contributed by atoms with Crippen molar-refractivity contribution in [3.8, 4) is 27.9 Å². The van der Waals surface area contributed by atoms with Gasteiger partial charge in [-0.05, 0) is 62.3 Å². The van der Waals surface area contributed by atoms with Gasteiger partial charge in [-0.1, -0.05) is 19.0 Å². The summed E-state index contributed by atoms with van der Waals surface area (Å²) in [6.45, 7) is 10.7. The lowest BCUT2D eigenvalue weighted by atomic mass is 10.1. The minimum absolute atomic E-state index is 0.000917. The molecule has 9 nitrogen and oxygen atoms in total. The van der Waals surface area contributed by atoms with Crippen molar-refractivity contribution in [3.05, 3.63) is 40.3 Å². The van der Waals surface area contributed by atoms with Gasteiger partial charge in [0.15, 0.2) is 0 Å². The van der Waals surface area contributed by atoms with Crippen molar-refractivity contribution in [1.29, 1.82) is 0 Å². The van der Waals surface area contributed by atoms with Crippen LogP contribution in [0.2, 0.25) is 0 Å². The lowest BCUT2D eigenvalue weighted by Gasteiger charge is -2.17. The third kappa shape index (κ3) is 6.63. The molecule has 0 saturated heterocycles. The number of hydrogen-bond acceptors (Lipinski definition) is 9. The monoisotopic (exact) mass is 488 g/mol. The van der Waals surface area contributed by atoms with Crippen LogP contribution in [-0.4, -0.2) is 70.1 Å². The van der Waals surface area contributed by atoms with Gasteiger partial charge in [-0.15, -0.1) is 11.3 Å². The van der Waals surface area contributed by atoms with E-state index in [1.807, 2.05) is 19.1 Å². The quantitative estimate of drug-likeness (QED) is 0.356. The number of aryl methyl sites for hydroxylation is 2. The third-order valence-electron chi connectivity index (χ3n) is 5.48. The summed E-state index contributed by atoms with van der Waals surface area (Å²) in [5.74, 6) is 1.04. The fourth-order valence-electron chi connectivity index (χ4n) is 3.38. The van der Waals surface area contributed by atoms with E-state index < -0.39 is 18.6 Å². The minimum atomic E-state index is -0.892. The lowest BCUT2D eigenvalue weighted by molar-refractivity contribution is -0.124. The standard InChI is InChI=1S/C24H32N4O5S/c1-5-28(6-2)12-21-16(4)10-20(34-21)24-26-23(27-33-24)19-8-7-18(9-15(19)3)32-14-17(30)11-25-22(31)13-29/h7-10,17,29-30H,5-6,11-14H2,1-4H3,(H,25,31). The zero-order valence-corrected chi connectivity index (χ0v) is 20.8. The molecule has 0 aliphatic rings. The van der Waals surface area contributed by atoms with Crippen LogP contribution < -0.4 is 10.1 Å². The molecule has 0 aliphatic carbocycles. The van der Waals surface area contributed by atoms with E-state index in [0.29, 0.717) is 17.5 Å². The molecule has 34 heavy (non-hydrogen) atoms. The van der Waals surface area contributed by atoms with Gasteiger partial charge in [0.1, 0.15) is 25.1 Å². The van der Waals surface area contributed by atoms with Gasteiger partial charge in [0, 0.05) is 23.5 Å². The summed E-state index contributed by atoms with van der Waals surface area (Å²) in [5.41, 5.74) is 2.95. The number of thiophene rings is 1. The van der Waals surface area contributed by atoms with Crippen LogP contribution in [0.25, 0.3) is 22.2 Å². The number of nitrogens with one attached hydrogen (secondary N) is 1. The van der Waals surface area contributed by atoms with Gasteiger partial charge >= 0.3 is 0 Å². The molecule has 10 heteroatoms. The molecule has 0 fully saturated rings. The fraction of sp³-hybridized carbons (Fsp3) is 0.458. The Bertz CT molecular complexity index is 1090. The second-order valence-electron chi connectivity index (χ2n) is 8.01. The summed E-state index contributed by atoms with van der Waals surface area (Å²) in [6.07, 6.45) is -0.892. The van der Waals surface area contributed by atoms with E-state index in [1.54, 1.807) is 17.4 Å². The number of rotatable bonds is 12. The zero-order valence-electron chi connectivity index (χ0n) is 20.0. The summed E-state index contributed by atoms with van der Waals surface area (Å²) in [4.78, 5) is 20.3. The normalized spacial score (nSPS) is 12.2. The van der Waals surface area contributed by atoms with E-state index >= 15 is 0 Å². The van der Waals surface area contributed by atoms with E-state index in [1.165, 1.54) is 10.4 Å². The maximum Gasteiger partial charge on any atom is 0.268 e. The Morgan fingerprint density at radius 1 is 1.24 bits per heavy atom. The van der Waals surface area contributed by atoms with Crippen LogP contribution in [0.1, 0.15) is 29.9 Å². The van der Waals surface area contributed by atoms with Gasteiger partial charge in [-0.2, -0.15) is 4.98 Å². The Hall–Kier alpha value is -2.79. The molecule has 2 heterocycles. The molecule has 1 amide bonds. The van der Waals surface area contributed by atoms with Gasteiger partial charge in [-0.3, -0.25) is 9.69 Å². The highest BCUT2D eigenvalue weighted by Gasteiger charge is 2.17. The summed E-state index contributed by atoms with van der Waals surface area (Å²) in [6, 6.07) is 7.56. The first-order valence-electron chi connectivity index (χ1n) is 11.3. The first kappa shape index (κ1) is 25.8. The highest BCUT2D eigenvalue weighted by Crippen LogP contribution is 2.33. The van der Waals surface area contributed by atoms with Crippen molar-refractivity contribution in [3.63, 3.8) is 0 Å². The van der Waals surface area contributed by atoms with Crippen LogP contribution >= 0.6 is 11.3 Å². The van der Waals surface area contributed by atoms with Gasteiger partial charge in [0.25, 0.3) is 5.89 Å². The summed E-state index contributed by atoms with van der Waals surface area (Å²) < 4.78 is 11.2. The fourth-order valence-corrected chi connectivity index (χ4v) is 4.52. The van der Waals surface area contributed by atoms with Crippen molar-refractivity contribution in [2.45, 2.75) is 40.3 Å². The third-order valence-corrected chi connectivity index (χ3v) is 6.69. The van der Waals surface area contributed by atoms with Gasteiger partial charge < -0.3 is 24.8 Å². The molecule has 1 aromatic carbocycles. The maximum absolute atomic E-state index is 11.1. The molecular formula is C24H32N4O5S. The Morgan fingerprint density at radius 2 is 2.00 bits per heavy atom. The van der Waals surface area contributed by atoms with Gasteiger partial charge in [-0.25, -0.2) is 0 Å². The van der Waals surface area contributed by atoms with Crippen LogP contribution in [0.4, 0.5) is 0 Å². The number of hydrogen-bond donors (Lipinski definition) is 3. The molecule has 0 aliphatic heterocycles. The molecule has 3 N–H and O–H groups in total. The number of aromatic nitrogens is 2. The predicted octanol–water partition coefficient (Wildman–Crippen LogP) is 2.77. The molecule has 0 radical (unpaired) electrons. The topological polar surface area (TPSA) is 121 Å². The number of carbonyl (C=O) groups excluding carboxylic acids is 1. The summed E-state index contributed by atoms with van der Waals surface area (Å²) in [7, 11) is 0. The van der Waals surface area contributed by atoms with Crippen LogP contribution in [-0.2, 0) is 11.3 Å². The number of nitrogens with zero attached hydrogens (tertiary/aromatic N) is 3. The van der Waals surface area contributed by atoms with Gasteiger partial charge in [0.05, 0.1) is 4.88 Å². The van der Waals surface area contributed by atoms with E-state index in [4.69, 9.17) is 14.4 Å². The van der Waals surface area contributed by atoms with Crippen LogP contribution in [0.15, 0.2) is 28.8 Å². The lowest BCUT2D eigenvalue weighted by Crippen LogP contribution is -2.36. The average Bonchev–Trinajstić information content (AvgIpc) is 3.46. The number of benzene rings is 1. The molecule has 3 rings (SSSR count). The number of amides is 1. The highest BCUT2D eigenvalue weighted by molar-refractivity contribution is 7.15. The zero-order chi connectivity index (χ0) is 24.7. The molecule has 184 valence electrons. The average molecular weight is 489 g/mol. The highest BCUT2D eigenvalue weighted by atomic mass is 32.1. The molecule has 0 saturated carbocycles. The van der Waals surface area contributed by atoms with Crippen LogP contribution in [0.5, 0.6) is 5.75 Å². The van der Waals surface area contributed by atoms with Crippen molar-refractivity contribution < 1.29 is 24.3 Å². The van der Waals surface area contributed by atoms with E-state index in [2.05, 4.69) is 47.2 Å². The largest absolute Gasteiger partial charge is 0.491 e. The van der Waals surface area contributed by atoms with Crippen LogP contribution in [0.3, 0.4) is 0 Å². The minimum Gasteiger partial charge on any atom is -0.491 e. The molecule has 0 bridgehead atoms. The summed E-state index contributed by atoms with van der Waals surface area (Å²) in [5, 5.41) is 25.2. The molecule has 0 spiro atoms. The molecular weight excluding hydrogens is 456 g/mol. The Morgan fingerprint density at radius 3 is 2.68 bits per heavy atom. The number of carbonyl (C=O) groups is 1. The SMILES string of the molecule is CCN(CC)Cc1sc(-c2nc(-c3ccc(OCC(O)CNC(=O)CO)cc3C)no2)cc1C. The molecule has 1 unspecified atom stereocenters. The predicted molar refractivity (Wildman–Crippen MR) is 131 cm³/mol. The van der Waals surface area contributed by atoms with Crippen molar-refractivity contribution in [2.24, 2.45) is 0 Å². The van der Waals surface area contributed by atoms with E-state index in [0.717, 1.165) is 35.6 Å². The van der Waals surface area contributed by atoms with Crippen molar-refractivity contribution in [1.82, 2.24) is 20.4 Å². The maximum atomic E-state index is 11.1. The smallest absolute Gasteiger partial charge is 0.268 e. The summed E-state index contributed by atoms with van der Waals surface area (Å²) >= 11 is 1.68. The first-order valence-corrected chi connectivity index (χ1v) is 12.1. The van der Waals surface area contributed by atoms with E-state index in [9.17, 15) is 9.90 Å². The van der Waals surface area contributed by atoms with Crippen LogP contribution in [0, 0.1) is 13.8 Å². The Labute approximate surface area is 203 Å². The molecule has 1 atom stereocenters. The number of aliphatic hydroxyl groups excluding tert-OH is 2. The molecule has 2 aromatic heterocycles. The second kappa shape index (κ2) is 12.1. The number of ether oxygens (including phenoxy) is 1. The Kier molecular flexibility index (Phi) is 9.17. The van der Waals surface area contributed by atoms with E-state index in [-0.39, 0.29) is 13.2 Å². The Balaban J connectivity index is 1.66. The van der Waals surface area contributed by atoms with Crippen molar-refractivity contribution in [2.75, 3.05) is 32.8 Å². The van der Waals surface area contributed by atoms with Gasteiger partial charge in [0.2, 0.25) is 11.7 Å². The van der Waals surface area contributed by atoms with Crippen molar-refractivity contribution >= 4 is 17.2 Å².